The van der Waals surface area contributed by atoms with E-state index in [1.165, 1.54) is 33.6 Å². The zero-order valence-corrected chi connectivity index (χ0v) is 24.0. The molecule has 1 aliphatic carbocycles. The minimum Gasteiger partial charge on any atom is -0.383 e. The van der Waals surface area contributed by atoms with Gasteiger partial charge in [0.05, 0.1) is 6.04 Å². The van der Waals surface area contributed by atoms with Crippen LogP contribution in [-0.2, 0) is 0 Å². The number of benzene rings is 5. The van der Waals surface area contributed by atoms with Crippen LogP contribution in [0.25, 0.3) is 22.3 Å². The highest BCUT2D eigenvalue weighted by atomic mass is 15.2. The standard InChI is InChI=1S/C39H32N4/c1-41-39(30-14-6-3-7-15-30)42-38(40)29-22-20-28(21-23-29)34-26-31(27-12-4-2-5-13-27)24-25-37(34)43-35-18-10-8-16-32(35)33-17-9-11-19-36(33)43/h2-26,32,35H,1H3,(H2,40,41,42). The average molecular weight is 557 g/mol. The van der Waals surface area contributed by atoms with E-state index in [1.807, 2.05) is 30.3 Å². The Morgan fingerprint density at radius 1 is 0.628 bits per heavy atom. The van der Waals surface area contributed by atoms with Gasteiger partial charge in [-0.25, -0.2) is 4.99 Å². The molecule has 4 nitrogen and oxygen atoms in total. The van der Waals surface area contributed by atoms with Gasteiger partial charge in [0.1, 0.15) is 5.84 Å². The number of fused-ring (bicyclic) bond motifs is 3. The first-order valence-corrected chi connectivity index (χ1v) is 14.6. The van der Waals surface area contributed by atoms with Gasteiger partial charge >= 0.3 is 0 Å². The number of rotatable bonds is 5. The second-order valence-corrected chi connectivity index (χ2v) is 10.8. The first kappa shape index (κ1) is 26.4. The maximum absolute atomic E-state index is 6.50. The molecule has 0 amide bonds. The van der Waals surface area contributed by atoms with Gasteiger partial charge in [0.2, 0.25) is 0 Å². The van der Waals surface area contributed by atoms with Crippen LogP contribution in [-0.4, -0.2) is 24.8 Å². The molecule has 0 fully saturated rings. The molecule has 2 N–H and O–H groups in total. The van der Waals surface area contributed by atoms with E-state index in [2.05, 4.69) is 136 Å². The van der Waals surface area contributed by atoms with Gasteiger partial charge in [0, 0.05) is 41.0 Å². The molecule has 5 aromatic carbocycles. The zero-order valence-electron chi connectivity index (χ0n) is 24.0. The number of anilines is 2. The van der Waals surface area contributed by atoms with Crippen LogP contribution in [0.4, 0.5) is 11.4 Å². The number of nitrogens with zero attached hydrogens (tertiary/aromatic N) is 3. The zero-order chi connectivity index (χ0) is 29.2. The van der Waals surface area contributed by atoms with Crippen LogP contribution in [0.15, 0.2) is 162 Å². The van der Waals surface area contributed by atoms with E-state index in [-0.39, 0.29) is 6.04 Å². The summed E-state index contributed by atoms with van der Waals surface area (Å²) in [6.07, 6.45) is 8.97. The largest absolute Gasteiger partial charge is 0.383 e. The van der Waals surface area contributed by atoms with Crippen molar-refractivity contribution in [3.05, 3.63) is 168 Å². The normalized spacial score (nSPS) is 17.6. The molecule has 7 rings (SSSR count). The van der Waals surface area contributed by atoms with Gasteiger partial charge in [-0.05, 0) is 40.5 Å². The highest BCUT2D eigenvalue weighted by Crippen LogP contribution is 2.50. The van der Waals surface area contributed by atoms with Crippen LogP contribution in [0.1, 0.15) is 22.6 Å². The minimum absolute atomic E-state index is 0.218. The third-order valence-corrected chi connectivity index (χ3v) is 8.28. The van der Waals surface area contributed by atoms with Crippen molar-refractivity contribution in [1.82, 2.24) is 0 Å². The predicted molar refractivity (Wildman–Crippen MR) is 180 cm³/mol. The monoisotopic (exact) mass is 556 g/mol. The lowest BCUT2D eigenvalue weighted by molar-refractivity contribution is 0.745. The second kappa shape index (κ2) is 11.4. The number of allylic oxidation sites excluding steroid dienone is 2. The van der Waals surface area contributed by atoms with E-state index in [1.54, 1.807) is 7.05 Å². The van der Waals surface area contributed by atoms with Gasteiger partial charge in [-0.1, -0.05) is 133 Å². The second-order valence-electron chi connectivity index (χ2n) is 10.8. The Hall–Kier alpha value is -5.48. The summed E-state index contributed by atoms with van der Waals surface area (Å²) < 4.78 is 0. The molecule has 208 valence electrons. The van der Waals surface area contributed by atoms with Gasteiger partial charge in [-0.3, -0.25) is 4.99 Å². The third-order valence-electron chi connectivity index (χ3n) is 8.28. The molecular formula is C39H32N4. The Labute approximate surface area is 252 Å². The van der Waals surface area contributed by atoms with Gasteiger partial charge in [0.25, 0.3) is 0 Å². The maximum atomic E-state index is 6.50. The van der Waals surface area contributed by atoms with Crippen molar-refractivity contribution in [2.24, 2.45) is 15.7 Å². The lowest BCUT2D eigenvalue weighted by atomic mass is 9.91. The summed E-state index contributed by atoms with van der Waals surface area (Å²) >= 11 is 0. The summed E-state index contributed by atoms with van der Waals surface area (Å²) in [6.45, 7) is 0. The molecule has 5 aromatic rings. The fourth-order valence-electron chi connectivity index (χ4n) is 6.19. The molecule has 2 unspecified atom stereocenters. The van der Waals surface area contributed by atoms with Crippen LogP contribution in [0.3, 0.4) is 0 Å². The van der Waals surface area contributed by atoms with E-state index >= 15 is 0 Å². The van der Waals surface area contributed by atoms with Crippen LogP contribution >= 0.6 is 0 Å². The van der Waals surface area contributed by atoms with Crippen molar-refractivity contribution in [3.8, 4) is 22.3 Å². The quantitative estimate of drug-likeness (QED) is 0.174. The van der Waals surface area contributed by atoms with Crippen molar-refractivity contribution in [2.75, 3.05) is 11.9 Å². The fourth-order valence-corrected chi connectivity index (χ4v) is 6.19. The number of para-hydroxylation sites is 1. The summed E-state index contributed by atoms with van der Waals surface area (Å²) in [5.74, 6) is 1.36. The van der Waals surface area contributed by atoms with Crippen molar-refractivity contribution in [3.63, 3.8) is 0 Å². The average Bonchev–Trinajstić information content (AvgIpc) is 3.42. The Bertz CT molecular complexity index is 1880. The molecule has 0 spiro atoms. The Morgan fingerprint density at radius 3 is 2.07 bits per heavy atom. The first-order valence-electron chi connectivity index (χ1n) is 14.6. The van der Waals surface area contributed by atoms with Gasteiger partial charge in [0.15, 0.2) is 5.84 Å². The van der Waals surface area contributed by atoms with Gasteiger partial charge in [-0.15, -0.1) is 0 Å². The number of hydrogen-bond acceptors (Lipinski definition) is 2. The van der Waals surface area contributed by atoms with Crippen molar-refractivity contribution in [1.29, 1.82) is 0 Å². The number of nitrogens with two attached hydrogens (primary N) is 1. The van der Waals surface area contributed by atoms with Crippen LogP contribution < -0.4 is 10.6 Å². The molecule has 1 heterocycles. The lowest BCUT2D eigenvalue weighted by Crippen LogP contribution is -2.29. The van der Waals surface area contributed by atoms with E-state index in [0.717, 1.165) is 16.7 Å². The first-order chi connectivity index (χ1) is 21.2. The molecule has 2 atom stereocenters. The predicted octanol–water partition coefficient (Wildman–Crippen LogP) is 8.53. The third kappa shape index (κ3) is 4.98. The Kier molecular flexibility index (Phi) is 7.02. The highest BCUT2D eigenvalue weighted by molar-refractivity contribution is 6.11. The van der Waals surface area contributed by atoms with Crippen molar-refractivity contribution < 1.29 is 0 Å². The van der Waals surface area contributed by atoms with E-state index in [0.29, 0.717) is 17.6 Å². The van der Waals surface area contributed by atoms with E-state index in [9.17, 15) is 0 Å². The molecule has 1 aliphatic heterocycles. The summed E-state index contributed by atoms with van der Waals surface area (Å²) in [5.41, 5.74) is 16.7. The summed E-state index contributed by atoms with van der Waals surface area (Å²) in [7, 11) is 1.74. The Balaban J connectivity index is 1.32. The van der Waals surface area contributed by atoms with Gasteiger partial charge < -0.3 is 10.6 Å². The molecular weight excluding hydrogens is 524 g/mol. The summed E-state index contributed by atoms with van der Waals surface area (Å²) in [5, 5.41) is 0. The smallest absolute Gasteiger partial charge is 0.156 e. The number of hydrogen-bond donors (Lipinski definition) is 1. The minimum atomic E-state index is 0.218. The van der Waals surface area contributed by atoms with Crippen molar-refractivity contribution >= 4 is 23.0 Å². The lowest BCUT2D eigenvalue weighted by Gasteiger charge is -2.31. The maximum Gasteiger partial charge on any atom is 0.156 e. The summed E-state index contributed by atoms with van der Waals surface area (Å²) in [6, 6.07) is 44.7. The molecule has 43 heavy (non-hydrogen) atoms. The fraction of sp³-hybridized carbons (Fsp3) is 0.0769. The van der Waals surface area contributed by atoms with Crippen LogP contribution in [0, 0.1) is 0 Å². The molecule has 0 radical (unpaired) electrons. The number of amidine groups is 2. The topological polar surface area (TPSA) is 54.0 Å². The Morgan fingerprint density at radius 2 is 1.30 bits per heavy atom. The van der Waals surface area contributed by atoms with Crippen LogP contribution in [0.5, 0.6) is 0 Å². The molecule has 4 heteroatoms. The molecule has 0 bridgehead atoms. The van der Waals surface area contributed by atoms with Crippen LogP contribution in [0.2, 0.25) is 0 Å². The van der Waals surface area contributed by atoms with Crippen molar-refractivity contribution in [2.45, 2.75) is 12.0 Å². The SMILES string of the molecule is CN=C(N=C(N)c1ccc(-c2cc(-c3ccccc3)ccc2N2c3ccccc3C3C=CC=CC32)cc1)c1ccccc1. The van der Waals surface area contributed by atoms with E-state index in [4.69, 9.17) is 5.73 Å². The summed E-state index contributed by atoms with van der Waals surface area (Å²) in [4.78, 5) is 11.5. The molecule has 2 aliphatic rings. The molecule has 0 saturated carbocycles. The van der Waals surface area contributed by atoms with Gasteiger partial charge in [-0.2, -0.15) is 0 Å². The molecule has 0 aromatic heterocycles. The number of aliphatic imine (C=N–C) groups is 2. The highest BCUT2D eigenvalue weighted by Gasteiger charge is 2.38. The van der Waals surface area contributed by atoms with E-state index < -0.39 is 0 Å². The molecule has 0 saturated heterocycles.